The molecule has 0 saturated heterocycles. The molecule has 0 spiro atoms. The third kappa shape index (κ3) is 4.13. The standard InChI is InChI=1S/C15H20ClNO2/c1-19-13-4-2-12(3-5-13)10-14(18)17-11-15(6-7-15)8-9-16/h2-5H,6-11H2,1H3,(H,17,18). The summed E-state index contributed by atoms with van der Waals surface area (Å²) < 4.78 is 5.09. The Morgan fingerprint density at radius 2 is 2.05 bits per heavy atom. The van der Waals surface area contributed by atoms with Gasteiger partial charge < -0.3 is 10.1 Å². The molecule has 0 unspecified atom stereocenters. The molecule has 1 aliphatic carbocycles. The number of carbonyl (C=O) groups is 1. The zero-order chi connectivity index (χ0) is 13.7. The van der Waals surface area contributed by atoms with Gasteiger partial charge >= 0.3 is 0 Å². The maximum atomic E-state index is 11.9. The van der Waals surface area contributed by atoms with Crippen molar-refractivity contribution in [1.29, 1.82) is 0 Å². The highest BCUT2D eigenvalue weighted by molar-refractivity contribution is 6.17. The van der Waals surface area contributed by atoms with E-state index in [0.717, 1.165) is 24.3 Å². The monoisotopic (exact) mass is 281 g/mol. The van der Waals surface area contributed by atoms with Crippen LogP contribution >= 0.6 is 11.6 Å². The molecule has 3 nitrogen and oxygen atoms in total. The lowest BCUT2D eigenvalue weighted by Crippen LogP contribution is -2.31. The number of rotatable bonds is 7. The van der Waals surface area contributed by atoms with E-state index in [1.165, 1.54) is 12.8 Å². The van der Waals surface area contributed by atoms with Crippen molar-refractivity contribution in [3.05, 3.63) is 29.8 Å². The molecule has 1 N–H and O–H groups in total. The van der Waals surface area contributed by atoms with Crippen molar-refractivity contribution in [2.45, 2.75) is 25.7 Å². The first kappa shape index (κ1) is 14.2. The van der Waals surface area contributed by atoms with Gasteiger partial charge in [-0.3, -0.25) is 4.79 Å². The number of carbonyl (C=O) groups excluding carboxylic acids is 1. The van der Waals surface area contributed by atoms with Gasteiger partial charge in [0.2, 0.25) is 5.91 Å². The van der Waals surface area contributed by atoms with E-state index in [1.807, 2.05) is 24.3 Å². The van der Waals surface area contributed by atoms with Crippen molar-refractivity contribution in [3.8, 4) is 5.75 Å². The molecule has 0 heterocycles. The second-order valence-electron chi connectivity index (χ2n) is 5.24. The van der Waals surface area contributed by atoms with E-state index in [1.54, 1.807) is 7.11 Å². The maximum absolute atomic E-state index is 11.9. The van der Waals surface area contributed by atoms with Crippen LogP contribution < -0.4 is 10.1 Å². The Kier molecular flexibility index (Phi) is 4.70. The van der Waals surface area contributed by atoms with Gasteiger partial charge in [-0.05, 0) is 42.4 Å². The molecular weight excluding hydrogens is 262 g/mol. The fraction of sp³-hybridized carbons (Fsp3) is 0.533. The number of hydrogen-bond acceptors (Lipinski definition) is 2. The van der Waals surface area contributed by atoms with Crippen LogP contribution in [0.25, 0.3) is 0 Å². The minimum absolute atomic E-state index is 0.0750. The molecule has 2 rings (SSSR count). The highest BCUT2D eigenvalue weighted by Crippen LogP contribution is 2.48. The maximum Gasteiger partial charge on any atom is 0.224 e. The van der Waals surface area contributed by atoms with E-state index in [4.69, 9.17) is 16.3 Å². The lowest BCUT2D eigenvalue weighted by Gasteiger charge is -2.14. The Hall–Kier alpha value is -1.22. The summed E-state index contributed by atoms with van der Waals surface area (Å²) in [5.74, 6) is 1.56. The van der Waals surface area contributed by atoms with Gasteiger partial charge in [0.05, 0.1) is 13.5 Å². The molecule has 0 atom stereocenters. The first-order valence-corrected chi connectivity index (χ1v) is 7.16. The minimum atomic E-state index is 0.0750. The van der Waals surface area contributed by atoms with E-state index < -0.39 is 0 Å². The van der Waals surface area contributed by atoms with Gasteiger partial charge in [0.1, 0.15) is 5.75 Å². The van der Waals surface area contributed by atoms with Crippen LogP contribution in [0.3, 0.4) is 0 Å². The topological polar surface area (TPSA) is 38.3 Å². The van der Waals surface area contributed by atoms with Crippen molar-refractivity contribution < 1.29 is 9.53 Å². The predicted octanol–water partition coefficient (Wildman–Crippen LogP) is 2.76. The first-order chi connectivity index (χ1) is 9.17. The van der Waals surface area contributed by atoms with Crippen LogP contribution in [0, 0.1) is 5.41 Å². The van der Waals surface area contributed by atoms with Gasteiger partial charge in [0, 0.05) is 12.4 Å². The van der Waals surface area contributed by atoms with Gasteiger partial charge in [-0.1, -0.05) is 12.1 Å². The molecule has 1 amide bonds. The summed E-state index contributed by atoms with van der Waals surface area (Å²) in [4.78, 5) is 11.9. The highest BCUT2D eigenvalue weighted by atomic mass is 35.5. The fourth-order valence-electron chi connectivity index (χ4n) is 2.17. The van der Waals surface area contributed by atoms with E-state index in [-0.39, 0.29) is 11.3 Å². The largest absolute Gasteiger partial charge is 0.497 e. The molecule has 0 aromatic heterocycles. The summed E-state index contributed by atoms with van der Waals surface area (Å²) in [6.45, 7) is 0.759. The zero-order valence-corrected chi connectivity index (χ0v) is 12.0. The summed E-state index contributed by atoms with van der Waals surface area (Å²) in [6, 6.07) is 7.59. The minimum Gasteiger partial charge on any atom is -0.497 e. The average molecular weight is 282 g/mol. The van der Waals surface area contributed by atoms with Gasteiger partial charge in [-0.25, -0.2) is 0 Å². The molecular formula is C15H20ClNO2. The third-order valence-electron chi connectivity index (χ3n) is 3.77. The Bertz CT molecular complexity index is 426. The van der Waals surface area contributed by atoms with Crippen LogP contribution in [0.4, 0.5) is 0 Å². The van der Waals surface area contributed by atoms with Gasteiger partial charge in [0.25, 0.3) is 0 Å². The average Bonchev–Trinajstić information content (AvgIpc) is 3.18. The van der Waals surface area contributed by atoms with Gasteiger partial charge in [-0.15, -0.1) is 11.6 Å². The van der Waals surface area contributed by atoms with Gasteiger partial charge in [-0.2, -0.15) is 0 Å². The number of benzene rings is 1. The summed E-state index contributed by atoms with van der Waals surface area (Å²) in [5.41, 5.74) is 1.29. The molecule has 1 fully saturated rings. The molecule has 1 saturated carbocycles. The Balaban J connectivity index is 1.77. The second-order valence-corrected chi connectivity index (χ2v) is 5.62. The smallest absolute Gasteiger partial charge is 0.224 e. The summed E-state index contributed by atoms with van der Waals surface area (Å²) in [6.07, 6.45) is 3.78. The van der Waals surface area contributed by atoms with Crippen LogP contribution in [0.15, 0.2) is 24.3 Å². The lowest BCUT2D eigenvalue weighted by atomic mass is 10.0. The van der Waals surface area contributed by atoms with Crippen molar-refractivity contribution in [3.63, 3.8) is 0 Å². The predicted molar refractivity (Wildman–Crippen MR) is 76.7 cm³/mol. The molecule has 1 aliphatic rings. The molecule has 0 bridgehead atoms. The lowest BCUT2D eigenvalue weighted by molar-refractivity contribution is -0.120. The SMILES string of the molecule is COc1ccc(CC(=O)NCC2(CCCl)CC2)cc1. The first-order valence-electron chi connectivity index (χ1n) is 6.63. The summed E-state index contributed by atoms with van der Waals surface area (Å²) >= 11 is 5.78. The molecule has 104 valence electrons. The van der Waals surface area contributed by atoms with Crippen molar-refractivity contribution in [2.24, 2.45) is 5.41 Å². The van der Waals surface area contributed by atoms with Crippen LogP contribution in [-0.2, 0) is 11.2 Å². The van der Waals surface area contributed by atoms with Crippen molar-refractivity contribution in [1.82, 2.24) is 5.32 Å². The third-order valence-corrected chi connectivity index (χ3v) is 3.96. The summed E-state index contributed by atoms with van der Waals surface area (Å²) in [5, 5.41) is 3.02. The van der Waals surface area contributed by atoms with Crippen LogP contribution in [0.2, 0.25) is 0 Å². The van der Waals surface area contributed by atoms with E-state index in [0.29, 0.717) is 12.3 Å². The number of hydrogen-bond donors (Lipinski definition) is 1. The number of alkyl halides is 1. The quantitative estimate of drug-likeness (QED) is 0.781. The van der Waals surface area contributed by atoms with E-state index in [9.17, 15) is 4.79 Å². The van der Waals surface area contributed by atoms with E-state index >= 15 is 0 Å². The zero-order valence-electron chi connectivity index (χ0n) is 11.2. The molecule has 19 heavy (non-hydrogen) atoms. The second kappa shape index (κ2) is 6.29. The number of halogens is 1. The highest BCUT2D eigenvalue weighted by Gasteiger charge is 2.41. The summed E-state index contributed by atoms with van der Waals surface area (Å²) in [7, 11) is 1.63. The van der Waals surface area contributed by atoms with Crippen LogP contribution in [-0.4, -0.2) is 25.4 Å². The normalized spacial score (nSPS) is 15.9. The number of ether oxygens (including phenoxy) is 1. The van der Waals surface area contributed by atoms with Gasteiger partial charge in [0.15, 0.2) is 0 Å². The molecule has 4 heteroatoms. The number of methoxy groups -OCH3 is 1. The molecule has 0 radical (unpaired) electrons. The number of nitrogens with one attached hydrogen (secondary N) is 1. The Morgan fingerprint density at radius 3 is 2.58 bits per heavy atom. The molecule has 1 aromatic rings. The Labute approximate surface area is 119 Å². The number of amides is 1. The van der Waals surface area contributed by atoms with Crippen LogP contribution in [0.5, 0.6) is 5.75 Å². The van der Waals surface area contributed by atoms with Crippen molar-refractivity contribution in [2.75, 3.05) is 19.5 Å². The molecule has 0 aliphatic heterocycles. The van der Waals surface area contributed by atoms with E-state index in [2.05, 4.69) is 5.32 Å². The molecule has 1 aromatic carbocycles. The fourth-order valence-corrected chi connectivity index (χ4v) is 2.57. The Morgan fingerprint density at radius 1 is 1.37 bits per heavy atom. The van der Waals surface area contributed by atoms with Crippen molar-refractivity contribution >= 4 is 17.5 Å². The van der Waals surface area contributed by atoms with Crippen LogP contribution in [0.1, 0.15) is 24.8 Å².